The fraction of sp³-hybridized carbons (Fsp3) is 0.556. The van der Waals surface area contributed by atoms with E-state index in [4.69, 9.17) is 9.47 Å². The van der Waals surface area contributed by atoms with Crippen molar-refractivity contribution in [1.82, 2.24) is 10.6 Å². The van der Waals surface area contributed by atoms with E-state index in [2.05, 4.69) is 10.6 Å². The van der Waals surface area contributed by atoms with Gasteiger partial charge in [-0.25, -0.2) is 4.79 Å². The van der Waals surface area contributed by atoms with Gasteiger partial charge in [-0.2, -0.15) is 13.2 Å². The van der Waals surface area contributed by atoms with Gasteiger partial charge in [0, 0.05) is 13.0 Å². The molecular weight excluding hydrogens is 365 g/mol. The first-order chi connectivity index (χ1) is 12.5. The highest BCUT2D eigenvalue weighted by molar-refractivity contribution is 5.75. The van der Waals surface area contributed by atoms with Crippen molar-refractivity contribution in [3.63, 3.8) is 0 Å². The number of hydrogen-bond donors (Lipinski definition) is 2. The normalized spacial score (nSPS) is 11.6. The van der Waals surface area contributed by atoms with Crippen molar-refractivity contribution in [3.8, 4) is 5.75 Å². The summed E-state index contributed by atoms with van der Waals surface area (Å²) in [6.45, 7) is 5.93. The van der Waals surface area contributed by atoms with Crippen molar-refractivity contribution in [1.29, 1.82) is 0 Å². The second-order valence-electron chi connectivity index (χ2n) is 6.75. The molecule has 0 radical (unpaired) electrons. The van der Waals surface area contributed by atoms with Crippen LogP contribution in [0, 0.1) is 0 Å². The number of amides is 2. The summed E-state index contributed by atoms with van der Waals surface area (Å²) in [7, 11) is 0. The predicted octanol–water partition coefficient (Wildman–Crippen LogP) is 3.51. The van der Waals surface area contributed by atoms with Crippen molar-refractivity contribution < 1.29 is 32.2 Å². The number of ether oxygens (including phenoxy) is 2. The summed E-state index contributed by atoms with van der Waals surface area (Å²) >= 11 is 0. The van der Waals surface area contributed by atoms with Crippen molar-refractivity contribution in [3.05, 3.63) is 29.8 Å². The van der Waals surface area contributed by atoms with Crippen molar-refractivity contribution in [2.45, 2.75) is 45.4 Å². The van der Waals surface area contributed by atoms with Gasteiger partial charge >= 0.3 is 12.3 Å². The van der Waals surface area contributed by atoms with Gasteiger partial charge in [-0.05, 0) is 51.5 Å². The van der Waals surface area contributed by atoms with E-state index < -0.39 is 23.4 Å². The molecule has 0 fully saturated rings. The van der Waals surface area contributed by atoms with Crippen LogP contribution in [0.4, 0.5) is 18.0 Å². The number of rotatable bonds is 8. The molecule has 0 aromatic heterocycles. The Morgan fingerprint density at radius 2 is 1.63 bits per heavy atom. The summed E-state index contributed by atoms with van der Waals surface area (Å²) in [5, 5.41) is 5.18. The number of carbonyl (C=O) groups excluding carboxylic acids is 2. The third kappa shape index (κ3) is 10.3. The second kappa shape index (κ2) is 10.0. The first kappa shape index (κ1) is 22.6. The summed E-state index contributed by atoms with van der Waals surface area (Å²) < 4.78 is 47.7. The Morgan fingerprint density at radius 1 is 1.00 bits per heavy atom. The van der Waals surface area contributed by atoms with E-state index in [1.807, 2.05) is 0 Å². The highest BCUT2D eigenvalue weighted by atomic mass is 19.4. The first-order valence-electron chi connectivity index (χ1n) is 8.51. The number of halogens is 3. The molecule has 2 N–H and O–H groups in total. The Kier molecular flexibility index (Phi) is 8.39. The molecule has 0 atom stereocenters. The smallest absolute Gasteiger partial charge is 0.416 e. The molecule has 0 heterocycles. The minimum atomic E-state index is -4.38. The molecule has 2 amide bonds. The minimum absolute atomic E-state index is 0.132. The topological polar surface area (TPSA) is 76.7 Å². The number of nitrogens with one attached hydrogen (secondary N) is 2. The van der Waals surface area contributed by atoms with Crippen LogP contribution < -0.4 is 15.4 Å². The second-order valence-corrected chi connectivity index (χ2v) is 6.75. The van der Waals surface area contributed by atoms with Gasteiger partial charge in [0.2, 0.25) is 5.91 Å². The quantitative estimate of drug-likeness (QED) is 0.666. The molecule has 0 aliphatic rings. The van der Waals surface area contributed by atoms with Crippen LogP contribution >= 0.6 is 0 Å². The molecule has 27 heavy (non-hydrogen) atoms. The van der Waals surface area contributed by atoms with Crippen LogP contribution in [0.25, 0.3) is 0 Å². The van der Waals surface area contributed by atoms with Gasteiger partial charge in [0.05, 0.1) is 12.1 Å². The maximum Gasteiger partial charge on any atom is 0.416 e. The molecule has 0 saturated heterocycles. The molecule has 1 aromatic carbocycles. The molecule has 0 bridgehead atoms. The summed E-state index contributed by atoms with van der Waals surface area (Å²) in [5.74, 6) is 0.0795. The number of alkyl halides is 3. The monoisotopic (exact) mass is 390 g/mol. The highest BCUT2D eigenvalue weighted by Crippen LogP contribution is 2.30. The van der Waals surface area contributed by atoms with E-state index in [1.165, 1.54) is 12.1 Å². The number of hydrogen-bond acceptors (Lipinski definition) is 4. The van der Waals surface area contributed by atoms with Gasteiger partial charge in [-0.1, -0.05) is 0 Å². The minimum Gasteiger partial charge on any atom is -0.492 e. The van der Waals surface area contributed by atoms with E-state index in [9.17, 15) is 22.8 Å². The summed E-state index contributed by atoms with van der Waals surface area (Å²) in [5.41, 5.74) is -1.32. The lowest BCUT2D eigenvalue weighted by molar-refractivity contribution is -0.137. The molecule has 0 aliphatic heterocycles. The predicted molar refractivity (Wildman–Crippen MR) is 93.4 cm³/mol. The lowest BCUT2D eigenvalue weighted by Crippen LogP contribution is -2.33. The zero-order valence-corrected chi connectivity index (χ0v) is 15.6. The third-order valence-corrected chi connectivity index (χ3v) is 3.12. The number of alkyl carbamates (subject to hydrolysis) is 1. The van der Waals surface area contributed by atoms with Crippen LogP contribution in [-0.4, -0.2) is 37.3 Å². The van der Waals surface area contributed by atoms with Crippen LogP contribution in [-0.2, 0) is 15.7 Å². The highest BCUT2D eigenvalue weighted by Gasteiger charge is 2.30. The van der Waals surface area contributed by atoms with Crippen molar-refractivity contribution >= 4 is 12.0 Å². The van der Waals surface area contributed by atoms with Crippen molar-refractivity contribution in [2.75, 3.05) is 19.7 Å². The van der Waals surface area contributed by atoms with Crippen molar-refractivity contribution in [2.24, 2.45) is 0 Å². The average molecular weight is 390 g/mol. The van der Waals surface area contributed by atoms with Crippen LogP contribution in [0.1, 0.15) is 39.2 Å². The fourth-order valence-corrected chi connectivity index (χ4v) is 1.94. The molecule has 0 saturated carbocycles. The van der Waals surface area contributed by atoms with E-state index in [0.717, 1.165) is 12.1 Å². The van der Waals surface area contributed by atoms with Crippen LogP contribution in [0.5, 0.6) is 5.75 Å². The van der Waals surface area contributed by atoms with Crippen LogP contribution in [0.2, 0.25) is 0 Å². The Hall–Kier alpha value is -2.45. The largest absolute Gasteiger partial charge is 0.492 e. The van der Waals surface area contributed by atoms with Gasteiger partial charge in [-0.3, -0.25) is 4.79 Å². The third-order valence-electron chi connectivity index (χ3n) is 3.12. The average Bonchev–Trinajstić information content (AvgIpc) is 2.53. The maximum atomic E-state index is 12.4. The lowest BCUT2D eigenvalue weighted by atomic mass is 10.2. The Balaban J connectivity index is 2.13. The molecule has 0 spiro atoms. The fourth-order valence-electron chi connectivity index (χ4n) is 1.94. The SMILES string of the molecule is CC(C)(C)OC(=O)NCCCC(=O)NCCOc1ccc(C(F)(F)F)cc1. The van der Waals surface area contributed by atoms with Gasteiger partial charge < -0.3 is 20.1 Å². The molecule has 6 nitrogen and oxygen atoms in total. The van der Waals surface area contributed by atoms with E-state index in [1.54, 1.807) is 20.8 Å². The van der Waals surface area contributed by atoms with E-state index >= 15 is 0 Å². The van der Waals surface area contributed by atoms with Crippen LogP contribution in [0.15, 0.2) is 24.3 Å². The molecular formula is C18H25F3N2O4. The Bertz CT molecular complexity index is 611. The Morgan fingerprint density at radius 3 is 2.19 bits per heavy atom. The van der Waals surface area contributed by atoms with Gasteiger partial charge in [-0.15, -0.1) is 0 Å². The zero-order chi connectivity index (χ0) is 20.5. The molecule has 9 heteroatoms. The first-order valence-corrected chi connectivity index (χ1v) is 8.51. The standard InChI is InChI=1S/C18H25F3N2O4/c1-17(2,3)27-16(25)23-10-4-5-15(24)22-11-12-26-14-8-6-13(7-9-14)18(19,20)21/h6-9H,4-5,10-12H2,1-3H3,(H,22,24)(H,23,25). The molecule has 1 rings (SSSR count). The van der Waals surface area contributed by atoms with E-state index in [0.29, 0.717) is 18.7 Å². The van der Waals surface area contributed by atoms with E-state index in [-0.39, 0.29) is 25.5 Å². The molecule has 0 aliphatic carbocycles. The maximum absolute atomic E-state index is 12.4. The Labute approximate surface area is 156 Å². The summed E-state index contributed by atoms with van der Waals surface area (Å²) in [6, 6.07) is 4.33. The van der Waals surface area contributed by atoms with Gasteiger partial charge in [0.1, 0.15) is 18.0 Å². The van der Waals surface area contributed by atoms with Gasteiger partial charge in [0.15, 0.2) is 0 Å². The number of carbonyl (C=O) groups is 2. The number of benzene rings is 1. The zero-order valence-electron chi connectivity index (χ0n) is 15.6. The summed E-state index contributed by atoms with van der Waals surface area (Å²) in [4.78, 5) is 23.1. The summed E-state index contributed by atoms with van der Waals surface area (Å²) in [6.07, 6.45) is -4.25. The molecule has 0 unspecified atom stereocenters. The van der Waals surface area contributed by atoms with Gasteiger partial charge in [0.25, 0.3) is 0 Å². The molecule has 152 valence electrons. The lowest BCUT2D eigenvalue weighted by Gasteiger charge is -2.19. The molecule has 1 aromatic rings. The van der Waals surface area contributed by atoms with Crippen LogP contribution in [0.3, 0.4) is 0 Å².